The SMILES string of the molecule is FC(F)(F)c1ccc(CN2CC(c3nc(-c4cnccn4)no3)C2)cc1. The van der Waals surface area contributed by atoms with E-state index in [4.69, 9.17) is 4.52 Å². The Kier molecular flexibility index (Phi) is 4.15. The minimum absolute atomic E-state index is 0.113. The third kappa shape index (κ3) is 3.43. The van der Waals surface area contributed by atoms with Crippen molar-refractivity contribution in [2.75, 3.05) is 13.1 Å². The Morgan fingerprint density at radius 2 is 1.88 bits per heavy atom. The number of likely N-dealkylation sites (tertiary alicyclic amines) is 1. The van der Waals surface area contributed by atoms with Gasteiger partial charge in [0.2, 0.25) is 11.7 Å². The van der Waals surface area contributed by atoms with Crippen LogP contribution < -0.4 is 0 Å². The van der Waals surface area contributed by atoms with Crippen LogP contribution in [0.1, 0.15) is 22.9 Å². The number of rotatable bonds is 4. The molecule has 9 heteroatoms. The van der Waals surface area contributed by atoms with Gasteiger partial charge in [0.1, 0.15) is 5.69 Å². The van der Waals surface area contributed by atoms with Crippen LogP contribution in [0.4, 0.5) is 13.2 Å². The molecule has 0 aliphatic carbocycles. The van der Waals surface area contributed by atoms with Crippen LogP contribution >= 0.6 is 0 Å². The number of hydrogen-bond acceptors (Lipinski definition) is 6. The molecule has 134 valence electrons. The highest BCUT2D eigenvalue weighted by Crippen LogP contribution is 2.31. The van der Waals surface area contributed by atoms with Gasteiger partial charge in [-0.05, 0) is 17.7 Å². The van der Waals surface area contributed by atoms with Crippen molar-refractivity contribution in [3.05, 3.63) is 59.9 Å². The number of hydrogen-bond donors (Lipinski definition) is 0. The first kappa shape index (κ1) is 16.6. The number of nitrogens with zero attached hydrogens (tertiary/aromatic N) is 5. The second kappa shape index (κ2) is 6.49. The van der Waals surface area contributed by atoms with Crippen molar-refractivity contribution in [2.24, 2.45) is 0 Å². The lowest BCUT2D eigenvalue weighted by molar-refractivity contribution is -0.137. The number of alkyl halides is 3. The van der Waals surface area contributed by atoms with E-state index in [1.807, 2.05) is 0 Å². The molecule has 4 rings (SSSR count). The van der Waals surface area contributed by atoms with Gasteiger partial charge in [0.25, 0.3) is 0 Å². The lowest BCUT2D eigenvalue weighted by Crippen LogP contribution is -2.44. The predicted octanol–water partition coefficient (Wildman–Crippen LogP) is 3.14. The molecule has 1 saturated heterocycles. The minimum atomic E-state index is -4.31. The number of aromatic nitrogens is 4. The first-order valence-corrected chi connectivity index (χ1v) is 7.97. The third-order valence-electron chi connectivity index (χ3n) is 4.23. The summed E-state index contributed by atoms with van der Waals surface area (Å²) in [5, 5.41) is 3.92. The van der Waals surface area contributed by atoms with E-state index in [9.17, 15) is 13.2 Å². The van der Waals surface area contributed by atoms with E-state index >= 15 is 0 Å². The molecule has 6 nitrogen and oxygen atoms in total. The van der Waals surface area contributed by atoms with Gasteiger partial charge < -0.3 is 4.52 Å². The highest BCUT2D eigenvalue weighted by molar-refractivity contribution is 5.45. The molecule has 0 atom stereocenters. The largest absolute Gasteiger partial charge is 0.416 e. The molecule has 1 fully saturated rings. The van der Waals surface area contributed by atoms with Crippen LogP contribution in [0, 0.1) is 0 Å². The Morgan fingerprint density at radius 3 is 2.54 bits per heavy atom. The third-order valence-corrected chi connectivity index (χ3v) is 4.23. The summed E-state index contributed by atoms with van der Waals surface area (Å²) < 4.78 is 43.0. The molecular formula is C17H14F3N5O. The van der Waals surface area contributed by atoms with Crippen molar-refractivity contribution in [2.45, 2.75) is 18.6 Å². The second-order valence-electron chi connectivity index (χ2n) is 6.13. The summed E-state index contributed by atoms with van der Waals surface area (Å²) in [6.45, 7) is 2.01. The molecule has 0 amide bonds. The average Bonchev–Trinajstić information content (AvgIpc) is 3.07. The molecule has 0 spiro atoms. The fourth-order valence-electron chi connectivity index (χ4n) is 2.83. The molecule has 0 bridgehead atoms. The lowest BCUT2D eigenvalue weighted by Gasteiger charge is -2.37. The van der Waals surface area contributed by atoms with E-state index in [0.29, 0.717) is 37.0 Å². The first-order chi connectivity index (χ1) is 12.5. The predicted molar refractivity (Wildman–Crippen MR) is 84.8 cm³/mol. The maximum atomic E-state index is 12.6. The second-order valence-corrected chi connectivity index (χ2v) is 6.13. The maximum absolute atomic E-state index is 12.6. The first-order valence-electron chi connectivity index (χ1n) is 7.97. The van der Waals surface area contributed by atoms with Crippen molar-refractivity contribution < 1.29 is 17.7 Å². The van der Waals surface area contributed by atoms with Crippen LogP contribution in [0.2, 0.25) is 0 Å². The van der Waals surface area contributed by atoms with Crippen LogP contribution in [0.5, 0.6) is 0 Å². The lowest BCUT2D eigenvalue weighted by atomic mass is 9.99. The molecule has 0 radical (unpaired) electrons. The van der Waals surface area contributed by atoms with Crippen molar-refractivity contribution in [3.8, 4) is 11.5 Å². The molecular weight excluding hydrogens is 347 g/mol. The Balaban J connectivity index is 1.34. The average molecular weight is 361 g/mol. The van der Waals surface area contributed by atoms with Crippen LogP contribution in [0.15, 0.2) is 47.4 Å². The van der Waals surface area contributed by atoms with Gasteiger partial charge >= 0.3 is 6.18 Å². The van der Waals surface area contributed by atoms with E-state index < -0.39 is 11.7 Å². The summed E-state index contributed by atoms with van der Waals surface area (Å²) in [5.74, 6) is 1.05. The quantitative estimate of drug-likeness (QED) is 0.711. The normalized spacial score (nSPS) is 15.8. The molecule has 0 unspecified atom stereocenters. The topological polar surface area (TPSA) is 67.9 Å². The molecule has 3 heterocycles. The molecule has 2 aromatic heterocycles. The van der Waals surface area contributed by atoms with Gasteiger partial charge in [-0.1, -0.05) is 17.3 Å². The highest BCUT2D eigenvalue weighted by atomic mass is 19.4. The zero-order valence-electron chi connectivity index (χ0n) is 13.5. The Labute approximate surface area is 146 Å². The Hall–Kier alpha value is -2.81. The minimum Gasteiger partial charge on any atom is -0.339 e. The monoisotopic (exact) mass is 361 g/mol. The van der Waals surface area contributed by atoms with E-state index in [-0.39, 0.29) is 5.92 Å². The van der Waals surface area contributed by atoms with Gasteiger partial charge in [0, 0.05) is 32.0 Å². The van der Waals surface area contributed by atoms with Crippen molar-refractivity contribution >= 4 is 0 Å². The molecule has 3 aromatic rings. The van der Waals surface area contributed by atoms with Crippen molar-refractivity contribution in [1.82, 2.24) is 25.0 Å². The number of halogens is 3. The summed E-state index contributed by atoms with van der Waals surface area (Å²) in [6.07, 6.45) is 0.377. The summed E-state index contributed by atoms with van der Waals surface area (Å²) >= 11 is 0. The smallest absolute Gasteiger partial charge is 0.339 e. The van der Waals surface area contributed by atoms with Crippen LogP contribution in [-0.4, -0.2) is 38.1 Å². The van der Waals surface area contributed by atoms with E-state index in [2.05, 4.69) is 25.0 Å². The van der Waals surface area contributed by atoms with Gasteiger partial charge in [-0.25, -0.2) is 4.98 Å². The van der Waals surface area contributed by atoms with E-state index in [1.165, 1.54) is 12.1 Å². The van der Waals surface area contributed by atoms with Gasteiger partial charge in [-0.15, -0.1) is 0 Å². The highest BCUT2D eigenvalue weighted by Gasteiger charge is 2.33. The van der Waals surface area contributed by atoms with Gasteiger partial charge in [-0.2, -0.15) is 18.2 Å². The molecule has 1 aliphatic heterocycles. The van der Waals surface area contributed by atoms with Crippen molar-refractivity contribution in [1.29, 1.82) is 0 Å². The van der Waals surface area contributed by atoms with Gasteiger partial charge in [0.15, 0.2) is 0 Å². The molecule has 0 saturated carbocycles. The Morgan fingerprint density at radius 1 is 1.12 bits per heavy atom. The van der Waals surface area contributed by atoms with Crippen LogP contribution in [-0.2, 0) is 12.7 Å². The zero-order chi connectivity index (χ0) is 18.1. The molecule has 26 heavy (non-hydrogen) atoms. The van der Waals surface area contributed by atoms with Gasteiger partial charge in [-0.3, -0.25) is 9.88 Å². The Bertz CT molecular complexity index is 873. The summed E-state index contributed by atoms with van der Waals surface area (Å²) in [5.41, 5.74) is 0.746. The maximum Gasteiger partial charge on any atom is 0.416 e. The van der Waals surface area contributed by atoms with Crippen LogP contribution in [0.25, 0.3) is 11.5 Å². The number of benzene rings is 1. The van der Waals surface area contributed by atoms with Crippen molar-refractivity contribution in [3.63, 3.8) is 0 Å². The van der Waals surface area contributed by atoms with Crippen LogP contribution in [0.3, 0.4) is 0 Å². The van der Waals surface area contributed by atoms with E-state index in [0.717, 1.165) is 17.7 Å². The molecule has 1 aliphatic rings. The summed E-state index contributed by atoms with van der Waals surface area (Å²) in [4.78, 5) is 14.6. The standard InChI is InChI=1S/C17H14F3N5O/c18-17(19,20)13-3-1-11(2-4-13)8-25-9-12(10-25)16-23-15(24-26-16)14-7-21-5-6-22-14/h1-7,12H,8-10H2. The zero-order valence-corrected chi connectivity index (χ0v) is 13.5. The van der Waals surface area contributed by atoms with Gasteiger partial charge in [0.05, 0.1) is 17.7 Å². The fraction of sp³-hybridized carbons (Fsp3) is 0.294. The van der Waals surface area contributed by atoms with E-state index in [1.54, 1.807) is 18.6 Å². The summed E-state index contributed by atoms with van der Waals surface area (Å²) in [6, 6.07) is 5.24. The molecule has 0 N–H and O–H groups in total. The summed E-state index contributed by atoms with van der Waals surface area (Å²) in [7, 11) is 0. The fourth-order valence-corrected chi connectivity index (χ4v) is 2.83. The molecule has 1 aromatic carbocycles.